The number of nitrogen functional groups attached to an aromatic ring is 1. The van der Waals surface area contributed by atoms with Crippen molar-refractivity contribution in [3.8, 4) is 0 Å². The quantitative estimate of drug-likeness (QED) is 0.465. The normalized spacial score (nSPS) is 10.5. The third-order valence-corrected chi connectivity index (χ3v) is 1.24. The smallest absolute Gasteiger partial charge is 0.145 e. The van der Waals surface area contributed by atoms with Gasteiger partial charge < -0.3 is 17.2 Å². The van der Waals surface area contributed by atoms with E-state index in [9.17, 15) is 0 Å². The second-order valence-electron chi connectivity index (χ2n) is 2.26. The third kappa shape index (κ3) is 2.14. The maximum absolute atomic E-state index is 5.48. The van der Waals surface area contributed by atoms with E-state index in [2.05, 4.69) is 9.97 Å². The van der Waals surface area contributed by atoms with Gasteiger partial charge in [0.05, 0.1) is 11.9 Å². The van der Waals surface area contributed by atoms with Crippen LogP contribution >= 0.6 is 0 Å². The highest BCUT2D eigenvalue weighted by Crippen LogP contribution is 2.02. The molecule has 1 rings (SSSR count). The molecule has 0 spiro atoms. The van der Waals surface area contributed by atoms with Crippen LogP contribution in [0.3, 0.4) is 0 Å². The summed E-state index contributed by atoms with van der Waals surface area (Å²) in [5.74, 6) is 0.397. The third-order valence-electron chi connectivity index (χ3n) is 1.24. The van der Waals surface area contributed by atoms with Crippen LogP contribution in [0, 0.1) is 0 Å². The maximum atomic E-state index is 5.48. The Balaban J connectivity index is 2.78. The van der Waals surface area contributed by atoms with Gasteiger partial charge in [0.15, 0.2) is 0 Å². The molecule has 0 aliphatic rings. The summed E-state index contributed by atoms with van der Waals surface area (Å²) in [4.78, 5) is 7.81. The van der Waals surface area contributed by atoms with Gasteiger partial charge in [-0.1, -0.05) is 0 Å². The molecule has 60 valence electrons. The first-order chi connectivity index (χ1) is 5.20. The van der Waals surface area contributed by atoms with Crippen LogP contribution in [-0.2, 0) is 6.42 Å². The summed E-state index contributed by atoms with van der Waals surface area (Å²) in [7, 11) is 0. The highest BCUT2D eigenvalue weighted by Gasteiger charge is 2.03. The van der Waals surface area contributed by atoms with Gasteiger partial charge in [-0.15, -0.1) is 0 Å². The predicted octanol–water partition coefficient (Wildman–Crippen LogP) is -1.16. The van der Waals surface area contributed by atoms with Crippen LogP contribution < -0.4 is 17.2 Å². The van der Waals surface area contributed by atoms with Crippen molar-refractivity contribution < 1.29 is 0 Å². The fourth-order valence-electron chi connectivity index (χ4n) is 0.758. The van der Waals surface area contributed by atoms with E-state index in [1.54, 1.807) is 6.20 Å². The molecule has 0 aliphatic carbocycles. The van der Waals surface area contributed by atoms with Crippen LogP contribution in [0.15, 0.2) is 12.4 Å². The van der Waals surface area contributed by atoms with E-state index >= 15 is 0 Å². The van der Waals surface area contributed by atoms with Crippen molar-refractivity contribution in [3.63, 3.8) is 0 Å². The van der Waals surface area contributed by atoms with E-state index < -0.39 is 6.17 Å². The zero-order valence-electron chi connectivity index (χ0n) is 6.07. The molecule has 0 saturated carbocycles. The van der Waals surface area contributed by atoms with Gasteiger partial charge in [-0.25, -0.2) is 4.98 Å². The molecular weight excluding hydrogens is 142 g/mol. The zero-order chi connectivity index (χ0) is 8.27. The molecule has 1 aromatic heterocycles. The Hall–Kier alpha value is -1.20. The minimum absolute atomic E-state index is 0.397. The van der Waals surface area contributed by atoms with Gasteiger partial charge in [0.25, 0.3) is 0 Å². The van der Waals surface area contributed by atoms with Gasteiger partial charge in [-0.05, 0) is 0 Å². The van der Waals surface area contributed by atoms with Crippen molar-refractivity contribution in [1.29, 1.82) is 0 Å². The fourth-order valence-corrected chi connectivity index (χ4v) is 0.758. The molecule has 0 fully saturated rings. The summed E-state index contributed by atoms with van der Waals surface area (Å²) < 4.78 is 0. The van der Waals surface area contributed by atoms with Crippen LogP contribution in [0.2, 0.25) is 0 Å². The predicted molar refractivity (Wildman–Crippen MR) is 42.3 cm³/mol. The Bertz CT molecular complexity index is 234. The fraction of sp³-hybridized carbons (Fsp3) is 0.333. The van der Waals surface area contributed by atoms with E-state index in [-0.39, 0.29) is 0 Å². The molecular formula is C6H11N5. The molecule has 0 aliphatic heterocycles. The second kappa shape index (κ2) is 3.27. The Morgan fingerprint density at radius 2 is 1.91 bits per heavy atom. The summed E-state index contributed by atoms with van der Waals surface area (Å²) >= 11 is 0. The average molecular weight is 153 g/mol. The topological polar surface area (TPSA) is 104 Å². The van der Waals surface area contributed by atoms with Crippen LogP contribution in [-0.4, -0.2) is 16.1 Å². The van der Waals surface area contributed by atoms with E-state index in [1.807, 2.05) is 0 Å². The zero-order valence-corrected chi connectivity index (χ0v) is 6.07. The minimum atomic E-state index is -0.422. The molecule has 0 saturated heterocycles. The molecule has 0 atom stereocenters. The molecule has 0 bridgehead atoms. The molecule has 5 nitrogen and oxygen atoms in total. The maximum Gasteiger partial charge on any atom is 0.145 e. The van der Waals surface area contributed by atoms with E-state index in [0.29, 0.717) is 17.9 Å². The summed E-state index contributed by atoms with van der Waals surface area (Å²) in [6.07, 6.45) is 3.13. The van der Waals surface area contributed by atoms with Gasteiger partial charge in [0.2, 0.25) is 0 Å². The Morgan fingerprint density at radius 3 is 2.45 bits per heavy atom. The molecule has 0 aromatic carbocycles. The summed E-state index contributed by atoms with van der Waals surface area (Å²) in [5.41, 5.74) is 16.8. The lowest BCUT2D eigenvalue weighted by atomic mass is 10.2. The molecule has 0 amide bonds. The lowest BCUT2D eigenvalue weighted by Gasteiger charge is -2.04. The number of rotatable bonds is 2. The monoisotopic (exact) mass is 153 g/mol. The largest absolute Gasteiger partial charge is 0.382 e. The highest BCUT2D eigenvalue weighted by molar-refractivity contribution is 5.33. The molecule has 1 aromatic rings. The molecule has 1 heterocycles. The van der Waals surface area contributed by atoms with Crippen molar-refractivity contribution in [2.75, 3.05) is 5.73 Å². The second-order valence-corrected chi connectivity index (χ2v) is 2.26. The Labute approximate surface area is 64.6 Å². The van der Waals surface area contributed by atoms with E-state index in [4.69, 9.17) is 17.2 Å². The van der Waals surface area contributed by atoms with Crippen molar-refractivity contribution in [2.24, 2.45) is 11.5 Å². The van der Waals surface area contributed by atoms with Crippen molar-refractivity contribution in [3.05, 3.63) is 18.1 Å². The summed E-state index contributed by atoms with van der Waals surface area (Å²) in [6.45, 7) is 0. The molecule has 6 N–H and O–H groups in total. The van der Waals surface area contributed by atoms with E-state index in [0.717, 1.165) is 0 Å². The van der Waals surface area contributed by atoms with Gasteiger partial charge >= 0.3 is 0 Å². The molecule has 0 unspecified atom stereocenters. The Kier molecular flexibility index (Phi) is 2.35. The first-order valence-electron chi connectivity index (χ1n) is 3.26. The first kappa shape index (κ1) is 7.90. The average Bonchev–Trinajstić information content (AvgIpc) is 1.93. The van der Waals surface area contributed by atoms with Crippen LogP contribution in [0.25, 0.3) is 0 Å². The lowest BCUT2D eigenvalue weighted by molar-refractivity contribution is 0.689. The van der Waals surface area contributed by atoms with Crippen molar-refractivity contribution in [2.45, 2.75) is 12.6 Å². The first-order valence-corrected chi connectivity index (χ1v) is 3.26. The number of hydrogen-bond acceptors (Lipinski definition) is 5. The van der Waals surface area contributed by atoms with Crippen LogP contribution in [0.1, 0.15) is 5.69 Å². The van der Waals surface area contributed by atoms with Gasteiger partial charge in [-0.3, -0.25) is 4.98 Å². The minimum Gasteiger partial charge on any atom is -0.382 e. The standard InChI is InChI=1S/C6H11N5/c7-5(8)3-4-6(9)11-2-1-10-4/h1-2,5H,3,7-8H2,(H2,9,11). The van der Waals surface area contributed by atoms with Crippen LogP contribution in [0.5, 0.6) is 0 Å². The van der Waals surface area contributed by atoms with Crippen molar-refractivity contribution in [1.82, 2.24) is 9.97 Å². The SMILES string of the molecule is Nc1nccnc1CC(N)N. The van der Waals surface area contributed by atoms with E-state index in [1.165, 1.54) is 6.20 Å². The number of nitrogens with zero attached hydrogens (tertiary/aromatic N) is 2. The number of hydrogen-bond donors (Lipinski definition) is 3. The van der Waals surface area contributed by atoms with Gasteiger partial charge in [0, 0.05) is 18.8 Å². The highest BCUT2D eigenvalue weighted by atomic mass is 14.9. The molecule has 5 heteroatoms. The van der Waals surface area contributed by atoms with Crippen molar-refractivity contribution >= 4 is 5.82 Å². The number of aromatic nitrogens is 2. The summed E-state index contributed by atoms with van der Waals surface area (Å²) in [6, 6.07) is 0. The summed E-state index contributed by atoms with van der Waals surface area (Å²) in [5, 5.41) is 0. The lowest BCUT2D eigenvalue weighted by Crippen LogP contribution is -2.33. The number of nitrogens with two attached hydrogens (primary N) is 3. The van der Waals surface area contributed by atoms with Gasteiger partial charge in [-0.2, -0.15) is 0 Å². The molecule has 11 heavy (non-hydrogen) atoms. The van der Waals surface area contributed by atoms with Crippen LogP contribution in [0.4, 0.5) is 5.82 Å². The Morgan fingerprint density at radius 1 is 1.27 bits per heavy atom. The van der Waals surface area contributed by atoms with Gasteiger partial charge in [0.1, 0.15) is 5.82 Å². The number of anilines is 1. The molecule has 0 radical (unpaired) electrons.